The van der Waals surface area contributed by atoms with Crippen molar-refractivity contribution in [2.75, 3.05) is 13.7 Å². The van der Waals surface area contributed by atoms with Crippen LogP contribution in [0.2, 0.25) is 82.6 Å². The largest absolute Gasteiger partial charge is 0.462 e. The van der Waals surface area contributed by atoms with E-state index in [0.29, 0.717) is 24.1 Å². The highest BCUT2D eigenvalue weighted by Gasteiger charge is 2.47. The summed E-state index contributed by atoms with van der Waals surface area (Å²) < 4.78 is 105. The van der Waals surface area contributed by atoms with Crippen LogP contribution in [0.1, 0.15) is 65.7 Å². The SMILES string of the molecule is C=C(C)C(=O)OCCC[Si](C)(O[Si](C)(C)C)O[Si](C)(C)O[Si](C)(CCCC)CCC(F)(F)F.CCCC[Si](C)(CCC(F)(F)F)OC. The molecule has 0 radical (unpaired) electrons. The van der Waals surface area contributed by atoms with Gasteiger partial charge < -0.3 is 21.5 Å². The van der Waals surface area contributed by atoms with Crippen LogP contribution in [0, 0.1) is 0 Å². The fourth-order valence-electron chi connectivity index (χ4n) is 5.06. The number of hydrogen-bond donors (Lipinski definition) is 0. The molecule has 0 amide bonds. The van der Waals surface area contributed by atoms with Crippen LogP contribution in [0.4, 0.5) is 26.3 Å². The van der Waals surface area contributed by atoms with Gasteiger partial charge in [0, 0.05) is 25.5 Å². The first-order valence-corrected chi connectivity index (χ1v) is 31.1. The zero-order valence-electron chi connectivity index (χ0n) is 31.1. The topological polar surface area (TPSA) is 63.2 Å². The van der Waals surface area contributed by atoms with Gasteiger partial charge in [-0.05, 0) is 95.9 Å². The molecule has 0 aromatic carbocycles. The van der Waals surface area contributed by atoms with Gasteiger partial charge >= 0.3 is 35.4 Å². The van der Waals surface area contributed by atoms with Crippen molar-refractivity contribution in [1.29, 1.82) is 0 Å². The van der Waals surface area contributed by atoms with E-state index in [4.69, 9.17) is 21.5 Å². The smallest absolute Gasteiger partial charge is 0.388 e. The summed E-state index contributed by atoms with van der Waals surface area (Å²) in [6.45, 7) is 25.3. The van der Waals surface area contributed by atoms with Crippen molar-refractivity contribution >= 4 is 48.0 Å². The zero-order valence-corrected chi connectivity index (χ0v) is 36.1. The second kappa shape index (κ2) is 21.2. The molecule has 0 aromatic rings. The Bertz CT molecular complexity index is 919. The highest BCUT2D eigenvalue weighted by Crippen LogP contribution is 2.34. The number of hydrogen-bond acceptors (Lipinski definition) is 6. The molecule has 3 unspecified atom stereocenters. The Morgan fingerprint density at radius 2 is 1.11 bits per heavy atom. The molecule has 0 aromatic heterocycles. The Morgan fingerprint density at radius 3 is 1.49 bits per heavy atom. The number of unbranched alkanes of at least 4 members (excludes halogenated alkanes) is 2. The van der Waals surface area contributed by atoms with Crippen LogP contribution in [0.5, 0.6) is 0 Å². The second-order valence-electron chi connectivity index (χ2n) is 14.5. The molecule has 0 N–H and O–H groups in total. The van der Waals surface area contributed by atoms with Crippen LogP contribution in [-0.2, 0) is 26.3 Å². The molecule has 0 aliphatic rings. The minimum absolute atomic E-state index is 0.0420. The predicted molar refractivity (Wildman–Crippen MR) is 192 cm³/mol. The summed E-state index contributed by atoms with van der Waals surface area (Å²) in [4.78, 5) is 11.6. The van der Waals surface area contributed by atoms with Crippen molar-refractivity contribution in [3.63, 3.8) is 0 Å². The minimum atomic E-state index is -4.19. The fraction of sp³-hybridized carbons (Fsp3) is 0.900. The third-order valence-electron chi connectivity index (χ3n) is 7.32. The molecule has 0 heterocycles. The first-order chi connectivity index (χ1) is 21.0. The lowest BCUT2D eigenvalue weighted by atomic mass is 10.4. The normalized spacial score (nSPS) is 16.7. The number of esters is 1. The molecule has 0 rings (SSSR count). The number of halogens is 6. The van der Waals surface area contributed by atoms with Crippen molar-refractivity contribution < 1.29 is 52.6 Å². The van der Waals surface area contributed by atoms with E-state index in [-0.39, 0.29) is 18.7 Å². The number of alkyl halides is 6. The van der Waals surface area contributed by atoms with Gasteiger partial charge in [-0.15, -0.1) is 0 Å². The molecule has 0 saturated carbocycles. The number of carbonyl (C=O) groups excluding carboxylic acids is 1. The van der Waals surface area contributed by atoms with Gasteiger partial charge in [0.05, 0.1) is 6.61 Å². The molecular formula is C30H64F6O6Si5. The van der Waals surface area contributed by atoms with Crippen molar-refractivity contribution in [2.24, 2.45) is 0 Å². The van der Waals surface area contributed by atoms with E-state index in [0.717, 1.165) is 31.7 Å². The van der Waals surface area contributed by atoms with Crippen LogP contribution >= 0.6 is 0 Å². The van der Waals surface area contributed by atoms with Crippen molar-refractivity contribution in [3.8, 4) is 0 Å². The molecule has 0 saturated heterocycles. The molecule has 0 bridgehead atoms. The summed E-state index contributed by atoms with van der Waals surface area (Å²) in [6.07, 6.45) is -5.44. The Hall–Kier alpha value is -0.286. The summed E-state index contributed by atoms with van der Waals surface area (Å²) in [5.41, 5.74) is 0.349. The maximum absolute atomic E-state index is 13.0. The van der Waals surface area contributed by atoms with Gasteiger partial charge in [-0.1, -0.05) is 46.1 Å². The van der Waals surface area contributed by atoms with Crippen LogP contribution < -0.4 is 0 Å². The van der Waals surface area contributed by atoms with E-state index < -0.39 is 73.2 Å². The Kier molecular flexibility index (Phi) is 22.0. The van der Waals surface area contributed by atoms with Crippen LogP contribution in [0.15, 0.2) is 12.2 Å². The second-order valence-corrected chi connectivity index (χ2v) is 35.0. The standard InChI is InChI=1S/C21H45F3O5Si4.C9H19F3OSi/c1-11-12-16-32(9,18-14-21(22,23)24)28-31(7,8)29-33(10,27-30(4,5)6)17-13-15-26-20(25)19(2)3;1-4-5-7-14(3,13-2)8-6-9(10,11)12/h2,11-18H2,1,3-10H3;4-8H2,1-3H3. The van der Waals surface area contributed by atoms with E-state index in [1.165, 1.54) is 7.11 Å². The van der Waals surface area contributed by atoms with Gasteiger partial charge in [0.25, 0.3) is 0 Å². The molecule has 0 fully saturated rings. The van der Waals surface area contributed by atoms with E-state index >= 15 is 0 Å². The third-order valence-corrected chi connectivity index (χ3v) is 26.8. The van der Waals surface area contributed by atoms with Gasteiger partial charge in [0.1, 0.15) is 0 Å². The molecule has 282 valence electrons. The van der Waals surface area contributed by atoms with E-state index in [9.17, 15) is 31.1 Å². The Balaban J connectivity index is 0. The molecule has 17 heteroatoms. The first-order valence-electron chi connectivity index (χ1n) is 16.7. The molecule has 0 aliphatic heterocycles. The monoisotopic (exact) mass is 774 g/mol. The zero-order chi connectivity index (χ0) is 37.4. The summed E-state index contributed by atoms with van der Waals surface area (Å²) in [5, 5.41) is 0. The average molecular weight is 775 g/mol. The van der Waals surface area contributed by atoms with Gasteiger partial charge in [-0.3, -0.25) is 0 Å². The predicted octanol–water partition coefficient (Wildman–Crippen LogP) is 11.4. The van der Waals surface area contributed by atoms with E-state index in [1.54, 1.807) is 6.92 Å². The maximum atomic E-state index is 13.0. The molecule has 3 atom stereocenters. The molecular weight excluding hydrogens is 711 g/mol. The lowest BCUT2D eigenvalue weighted by molar-refractivity contribution is -0.139. The summed E-state index contributed by atoms with van der Waals surface area (Å²) in [5.74, 6) is -0.425. The highest BCUT2D eigenvalue weighted by molar-refractivity contribution is 6.89. The lowest BCUT2D eigenvalue weighted by Crippen LogP contribution is -2.57. The summed E-state index contributed by atoms with van der Waals surface area (Å²) in [6, 6.07) is 2.35. The van der Waals surface area contributed by atoms with E-state index in [2.05, 4.69) is 26.2 Å². The Morgan fingerprint density at radius 1 is 0.660 bits per heavy atom. The van der Waals surface area contributed by atoms with Gasteiger partial charge in [0.2, 0.25) is 0 Å². The Labute approximate surface area is 286 Å². The number of rotatable bonds is 22. The van der Waals surface area contributed by atoms with Crippen LogP contribution in [-0.4, -0.2) is 74.1 Å². The van der Waals surface area contributed by atoms with Crippen LogP contribution in [0.3, 0.4) is 0 Å². The van der Waals surface area contributed by atoms with E-state index in [1.807, 2.05) is 46.6 Å². The quantitative estimate of drug-likeness (QED) is 0.0359. The number of ether oxygens (including phenoxy) is 1. The minimum Gasteiger partial charge on any atom is -0.462 e. The summed E-state index contributed by atoms with van der Waals surface area (Å²) in [7, 11) is -10.6. The van der Waals surface area contributed by atoms with Crippen molar-refractivity contribution in [1.82, 2.24) is 0 Å². The first kappa shape index (κ1) is 48.8. The number of carbonyl (C=O) groups is 1. The lowest BCUT2D eigenvalue weighted by Gasteiger charge is -2.43. The average Bonchev–Trinajstić information content (AvgIpc) is 2.88. The molecule has 6 nitrogen and oxygen atoms in total. The molecule has 47 heavy (non-hydrogen) atoms. The molecule has 0 spiro atoms. The molecule has 0 aliphatic carbocycles. The van der Waals surface area contributed by atoms with Crippen LogP contribution in [0.25, 0.3) is 0 Å². The van der Waals surface area contributed by atoms with Crippen molar-refractivity contribution in [3.05, 3.63) is 12.2 Å². The third kappa shape index (κ3) is 27.2. The highest BCUT2D eigenvalue weighted by atomic mass is 28.5. The van der Waals surface area contributed by atoms with Gasteiger partial charge in [-0.2, -0.15) is 26.3 Å². The van der Waals surface area contributed by atoms with Crippen molar-refractivity contribution in [2.45, 2.75) is 161 Å². The maximum Gasteiger partial charge on any atom is 0.388 e. The van der Waals surface area contributed by atoms with Gasteiger partial charge in [0.15, 0.2) is 25.0 Å². The summed E-state index contributed by atoms with van der Waals surface area (Å²) >= 11 is 0. The van der Waals surface area contributed by atoms with Gasteiger partial charge in [-0.25, -0.2) is 4.79 Å². The fourth-order valence-corrected chi connectivity index (χ4v) is 27.4.